The second-order valence-corrected chi connectivity index (χ2v) is 13.4. The fourth-order valence-electron chi connectivity index (χ4n) is 5.50. The van der Waals surface area contributed by atoms with E-state index in [1.54, 1.807) is 0 Å². The van der Waals surface area contributed by atoms with Crippen LogP contribution in [0.2, 0.25) is 0 Å². The first-order valence-corrected chi connectivity index (χ1v) is 20.2. The summed E-state index contributed by atoms with van der Waals surface area (Å²) in [4.78, 5) is 24.2. The predicted molar refractivity (Wildman–Crippen MR) is 205 cm³/mol. The summed E-state index contributed by atoms with van der Waals surface area (Å²) in [7, 11) is 0. The highest BCUT2D eigenvalue weighted by Gasteiger charge is 2.16. The molecule has 0 rings (SSSR count). The van der Waals surface area contributed by atoms with Crippen molar-refractivity contribution in [1.29, 1.82) is 0 Å². The quantitative estimate of drug-likeness (QED) is 0.0407. The van der Waals surface area contributed by atoms with E-state index in [1.165, 1.54) is 116 Å². The molecule has 0 aromatic heterocycles. The monoisotopic (exact) mass is 673 g/mol. The van der Waals surface area contributed by atoms with E-state index in [0.717, 1.165) is 51.4 Å². The van der Waals surface area contributed by atoms with Gasteiger partial charge in [-0.05, 0) is 77.0 Å². The standard InChI is InChI=1S/C43H76O5/c1-3-5-7-9-11-13-15-17-19-20-21-22-24-26-28-30-32-34-36-38-43(46)48-41(39-44)40-47-42(45)37-35-33-31-29-27-25-23-18-16-14-12-10-8-6-4-2/h12,14,17-19,23,27,29,41,44H,3-11,13,15-16,20-22,24-26,28,30-40H2,1-2H3/t41-/m0/s1. The molecule has 1 N–H and O–H groups in total. The Balaban J connectivity index is 3.60. The lowest BCUT2D eigenvalue weighted by Gasteiger charge is -2.15. The lowest BCUT2D eigenvalue weighted by Crippen LogP contribution is -2.28. The van der Waals surface area contributed by atoms with Crippen LogP contribution >= 0.6 is 0 Å². The van der Waals surface area contributed by atoms with Gasteiger partial charge in [0.2, 0.25) is 0 Å². The normalized spacial score (nSPS) is 12.6. The molecule has 0 aromatic rings. The van der Waals surface area contributed by atoms with Crippen LogP contribution in [0.25, 0.3) is 0 Å². The fourth-order valence-corrected chi connectivity index (χ4v) is 5.50. The minimum atomic E-state index is -0.787. The Bertz CT molecular complexity index is 812. The number of aliphatic hydroxyl groups excluding tert-OH is 1. The van der Waals surface area contributed by atoms with E-state index in [9.17, 15) is 14.7 Å². The van der Waals surface area contributed by atoms with Gasteiger partial charge in [0.25, 0.3) is 0 Å². The summed E-state index contributed by atoms with van der Waals surface area (Å²) < 4.78 is 10.6. The molecule has 0 bridgehead atoms. The van der Waals surface area contributed by atoms with Gasteiger partial charge in [0.15, 0.2) is 6.10 Å². The van der Waals surface area contributed by atoms with Gasteiger partial charge in [-0.3, -0.25) is 9.59 Å². The van der Waals surface area contributed by atoms with Gasteiger partial charge in [0.1, 0.15) is 6.61 Å². The van der Waals surface area contributed by atoms with Crippen molar-refractivity contribution in [3.8, 4) is 0 Å². The predicted octanol–water partition coefficient (Wildman–Crippen LogP) is 12.6. The molecular formula is C43H76O5. The third-order valence-corrected chi connectivity index (χ3v) is 8.60. The number of hydrogen-bond donors (Lipinski definition) is 1. The Labute approximate surface area is 297 Å². The Kier molecular flexibility index (Phi) is 37.5. The number of hydrogen-bond acceptors (Lipinski definition) is 5. The Hall–Kier alpha value is -2.14. The van der Waals surface area contributed by atoms with Crippen LogP contribution in [0.1, 0.15) is 194 Å². The van der Waals surface area contributed by atoms with Crippen molar-refractivity contribution in [3.63, 3.8) is 0 Å². The number of ether oxygens (including phenoxy) is 2. The topological polar surface area (TPSA) is 72.8 Å². The van der Waals surface area contributed by atoms with E-state index in [4.69, 9.17) is 9.47 Å². The first kappa shape index (κ1) is 45.9. The Morgan fingerprint density at radius 3 is 1.35 bits per heavy atom. The highest BCUT2D eigenvalue weighted by atomic mass is 16.6. The second-order valence-electron chi connectivity index (χ2n) is 13.4. The van der Waals surface area contributed by atoms with Crippen LogP contribution < -0.4 is 0 Å². The minimum absolute atomic E-state index is 0.0866. The van der Waals surface area contributed by atoms with E-state index >= 15 is 0 Å². The average molecular weight is 673 g/mol. The van der Waals surface area contributed by atoms with Crippen molar-refractivity contribution >= 4 is 11.9 Å². The van der Waals surface area contributed by atoms with E-state index in [2.05, 4.69) is 62.5 Å². The molecule has 0 spiro atoms. The van der Waals surface area contributed by atoms with Crippen LogP contribution in [-0.4, -0.2) is 36.4 Å². The third-order valence-electron chi connectivity index (χ3n) is 8.60. The van der Waals surface area contributed by atoms with Crippen molar-refractivity contribution in [2.45, 2.75) is 200 Å². The number of allylic oxidation sites excluding steroid dienone is 8. The van der Waals surface area contributed by atoms with Gasteiger partial charge >= 0.3 is 11.9 Å². The van der Waals surface area contributed by atoms with Gasteiger partial charge in [-0.15, -0.1) is 0 Å². The lowest BCUT2D eigenvalue weighted by atomic mass is 10.1. The molecule has 1 atom stereocenters. The third kappa shape index (κ3) is 36.7. The van der Waals surface area contributed by atoms with E-state index in [1.807, 2.05) is 0 Å². The number of aliphatic hydroxyl groups is 1. The van der Waals surface area contributed by atoms with Crippen LogP contribution in [-0.2, 0) is 19.1 Å². The Morgan fingerprint density at radius 1 is 0.479 bits per heavy atom. The zero-order chi connectivity index (χ0) is 35.0. The molecular weight excluding hydrogens is 596 g/mol. The number of rotatable bonds is 36. The number of esters is 2. The summed E-state index contributed by atoms with van der Waals surface area (Å²) in [6.45, 7) is 4.07. The van der Waals surface area contributed by atoms with Crippen molar-refractivity contribution in [3.05, 3.63) is 48.6 Å². The molecule has 0 saturated heterocycles. The van der Waals surface area contributed by atoms with Gasteiger partial charge < -0.3 is 14.6 Å². The van der Waals surface area contributed by atoms with Gasteiger partial charge in [-0.2, -0.15) is 0 Å². The molecule has 48 heavy (non-hydrogen) atoms. The molecule has 0 amide bonds. The first-order chi connectivity index (χ1) is 23.6. The smallest absolute Gasteiger partial charge is 0.306 e. The summed E-state index contributed by atoms with van der Waals surface area (Å²) in [6.07, 6.45) is 48.9. The molecule has 0 aliphatic rings. The maximum atomic E-state index is 12.2. The van der Waals surface area contributed by atoms with Crippen LogP contribution in [0, 0.1) is 0 Å². The van der Waals surface area contributed by atoms with Gasteiger partial charge in [0, 0.05) is 12.8 Å². The van der Waals surface area contributed by atoms with E-state index in [0.29, 0.717) is 12.8 Å². The van der Waals surface area contributed by atoms with Crippen LogP contribution in [0.4, 0.5) is 0 Å². The fraction of sp³-hybridized carbons (Fsp3) is 0.767. The molecule has 0 aliphatic carbocycles. The summed E-state index contributed by atoms with van der Waals surface area (Å²) >= 11 is 0. The highest BCUT2D eigenvalue weighted by Crippen LogP contribution is 2.13. The summed E-state index contributed by atoms with van der Waals surface area (Å²) in [5, 5.41) is 9.55. The summed E-state index contributed by atoms with van der Waals surface area (Å²) in [5.41, 5.74) is 0. The van der Waals surface area contributed by atoms with E-state index in [-0.39, 0.29) is 25.2 Å². The molecule has 278 valence electrons. The summed E-state index contributed by atoms with van der Waals surface area (Å²) in [6, 6.07) is 0. The van der Waals surface area contributed by atoms with Gasteiger partial charge in [-0.25, -0.2) is 0 Å². The molecule has 0 unspecified atom stereocenters. The minimum Gasteiger partial charge on any atom is -0.462 e. The number of unbranched alkanes of at least 4 members (excludes halogenated alkanes) is 20. The largest absolute Gasteiger partial charge is 0.462 e. The van der Waals surface area contributed by atoms with Gasteiger partial charge in [0.05, 0.1) is 6.61 Å². The average Bonchev–Trinajstić information content (AvgIpc) is 3.09. The maximum Gasteiger partial charge on any atom is 0.306 e. The molecule has 0 aromatic carbocycles. The maximum absolute atomic E-state index is 12.2. The molecule has 5 heteroatoms. The first-order valence-electron chi connectivity index (χ1n) is 20.2. The van der Waals surface area contributed by atoms with Crippen LogP contribution in [0.15, 0.2) is 48.6 Å². The molecule has 0 heterocycles. The molecule has 0 saturated carbocycles. The number of carbonyl (C=O) groups excluding carboxylic acids is 2. The highest BCUT2D eigenvalue weighted by molar-refractivity contribution is 5.70. The van der Waals surface area contributed by atoms with Crippen LogP contribution in [0.3, 0.4) is 0 Å². The number of carbonyl (C=O) groups is 2. The molecule has 0 aliphatic heterocycles. The lowest BCUT2D eigenvalue weighted by molar-refractivity contribution is -0.161. The van der Waals surface area contributed by atoms with Crippen LogP contribution in [0.5, 0.6) is 0 Å². The van der Waals surface area contributed by atoms with Crippen molar-refractivity contribution in [2.75, 3.05) is 13.2 Å². The van der Waals surface area contributed by atoms with Crippen molar-refractivity contribution in [2.24, 2.45) is 0 Å². The molecule has 0 fully saturated rings. The zero-order valence-corrected chi connectivity index (χ0v) is 31.5. The zero-order valence-electron chi connectivity index (χ0n) is 31.5. The van der Waals surface area contributed by atoms with Crippen molar-refractivity contribution in [1.82, 2.24) is 0 Å². The second kappa shape index (κ2) is 39.3. The molecule has 0 radical (unpaired) electrons. The Morgan fingerprint density at radius 2 is 0.833 bits per heavy atom. The SMILES string of the molecule is CCCCCC=CCC=CCC=CCCCCC(=O)OC[C@H](CO)OC(=O)CCCCCCCCCCCC=CCCCCCCCC. The van der Waals surface area contributed by atoms with E-state index < -0.39 is 6.10 Å². The summed E-state index contributed by atoms with van der Waals surface area (Å²) in [5.74, 6) is -0.638. The van der Waals surface area contributed by atoms with Crippen molar-refractivity contribution < 1.29 is 24.2 Å². The molecule has 5 nitrogen and oxygen atoms in total. The van der Waals surface area contributed by atoms with Gasteiger partial charge in [-0.1, -0.05) is 152 Å².